The van der Waals surface area contributed by atoms with Crippen molar-refractivity contribution in [1.82, 2.24) is 10.3 Å². The molecular weight excluding hydrogens is 448 g/mol. The van der Waals surface area contributed by atoms with E-state index >= 15 is 0 Å². The molecule has 0 saturated carbocycles. The van der Waals surface area contributed by atoms with Crippen LogP contribution in [0.15, 0.2) is 27.5 Å². The summed E-state index contributed by atoms with van der Waals surface area (Å²) >= 11 is 2.61. The third-order valence-corrected chi connectivity index (χ3v) is 7.13. The molecule has 1 fully saturated rings. The monoisotopic (exact) mass is 467 g/mol. The normalized spacial score (nSPS) is 13.9. The van der Waals surface area contributed by atoms with E-state index in [9.17, 15) is 10.1 Å². The van der Waals surface area contributed by atoms with E-state index in [-0.39, 0.29) is 27.8 Å². The number of carbonyl (C=O) groups excluding carboxylic acids is 1. The van der Waals surface area contributed by atoms with E-state index in [1.54, 1.807) is 11.0 Å². The van der Waals surface area contributed by atoms with Crippen LogP contribution in [0.1, 0.15) is 34.5 Å². The lowest BCUT2D eigenvalue weighted by molar-refractivity contribution is -0.759. The van der Waals surface area contributed by atoms with Crippen molar-refractivity contribution in [1.29, 1.82) is 5.26 Å². The third-order valence-electron chi connectivity index (χ3n) is 5.35. The average molecular weight is 468 g/mol. The fourth-order valence-corrected chi connectivity index (χ4v) is 5.48. The number of nitrogens with zero attached hydrogens (tertiary/aromatic N) is 5. The van der Waals surface area contributed by atoms with Crippen LogP contribution in [0.25, 0.3) is 21.3 Å². The van der Waals surface area contributed by atoms with Crippen LogP contribution in [0.3, 0.4) is 0 Å². The van der Waals surface area contributed by atoms with Gasteiger partial charge in [0.05, 0.1) is 23.6 Å². The number of nitrogens with one attached hydrogen (secondary N) is 1. The summed E-state index contributed by atoms with van der Waals surface area (Å²) in [5.41, 5.74) is 14.3. The Bertz CT molecular complexity index is 1350. The van der Waals surface area contributed by atoms with Crippen molar-refractivity contribution in [2.45, 2.75) is 19.3 Å². The number of pyridine rings is 1. The number of hydrogen-bond acceptors (Lipinski definition) is 10. The maximum atomic E-state index is 13.0. The highest BCUT2D eigenvalue weighted by Gasteiger charge is 2.27. The summed E-state index contributed by atoms with van der Waals surface area (Å²) in [7, 11) is 0. The van der Waals surface area contributed by atoms with Crippen LogP contribution in [0, 0.1) is 11.3 Å². The molecule has 1 saturated heterocycles. The summed E-state index contributed by atoms with van der Waals surface area (Å²) in [6, 6.07) is 4.00. The highest BCUT2D eigenvalue weighted by Crippen LogP contribution is 2.43. The number of carbonyl (C=O) groups is 1. The number of rotatable bonds is 4. The van der Waals surface area contributed by atoms with Gasteiger partial charge in [-0.25, -0.2) is 4.98 Å². The van der Waals surface area contributed by atoms with E-state index in [0.29, 0.717) is 15.8 Å². The van der Waals surface area contributed by atoms with Gasteiger partial charge in [0.2, 0.25) is 5.27 Å². The van der Waals surface area contributed by atoms with Crippen LogP contribution in [0.5, 0.6) is 0 Å². The molecule has 32 heavy (non-hydrogen) atoms. The van der Waals surface area contributed by atoms with Gasteiger partial charge in [-0.3, -0.25) is 14.6 Å². The highest BCUT2D eigenvalue weighted by molar-refractivity contribution is 7.21. The summed E-state index contributed by atoms with van der Waals surface area (Å²) in [5.74, 6) is -0.131. The van der Waals surface area contributed by atoms with Crippen LogP contribution in [-0.2, 0) is 0 Å². The first-order valence-corrected chi connectivity index (χ1v) is 11.7. The van der Waals surface area contributed by atoms with Crippen molar-refractivity contribution >= 4 is 56.2 Å². The van der Waals surface area contributed by atoms with Gasteiger partial charge in [-0.1, -0.05) is 0 Å². The lowest BCUT2D eigenvalue weighted by atomic mass is 9.99. The molecule has 0 bridgehead atoms. The van der Waals surface area contributed by atoms with Crippen LogP contribution in [0.4, 0.5) is 17.4 Å². The van der Waals surface area contributed by atoms with Crippen molar-refractivity contribution in [2.75, 3.05) is 34.9 Å². The lowest BCUT2D eigenvalue weighted by Gasteiger charge is -2.17. The lowest BCUT2D eigenvalue weighted by Crippen LogP contribution is -2.60. The topological polar surface area (TPSA) is 151 Å². The molecule has 1 aliphatic heterocycles. The molecule has 0 atom stereocenters. The standard InChI is InChI=1S/C20H18N8O2S2/c21-8-12-14(11-4-7-31-10-11)15-16(22)17(32-20(15)25-18(12)23)19(29)24-13-9-28(26-30-13)27-5-2-1-3-6-27/h4,7,9-10H,1-3,5-6H2,(H4-,22,23,24,25,26,29)/p+1. The van der Waals surface area contributed by atoms with Crippen molar-refractivity contribution in [3.8, 4) is 17.2 Å². The molecule has 12 heteroatoms. The van der Waals surface area contributed by atoms with Crippen molar-refractivity contribution in [3.05, 3.63) is 33.5 Å². The first kappa shape index (κ1) is 20.2. The SMILES string of the molecule is N#Cc1c(N)nc2sc(C(=O)Nc3c[n+](N4CCCCC4)no3)c(N)c2c1-c1ccsc1. The zero-order chi connectivity index (χ0) is 22.2. The summed E-state index contributed by atoms with van der Waals surface area (Å²) in [5, 5.41) is 22.8. The number of thiophene rings is 2. The Morgan fingerprint density at radius 3 is 2.84 bits per heavy atom. The largest absolute Gasteiger partial charge is 0.397 e. The maximum Gasteiger partial charge on any atom is 0.306 e. The smallest absolute Gasteiger partial charge is 0.306 e. The number of piperidine rings is 1. The number of amides is 1. The maximum absolute atomic E-state index is 13.0. The fourth-order valence-electron chi connectivity index (χ4n) is 3.82. The number of fused-ring (bicyclic) bond motifs is 1. The molecule has 4 aromatic heterocycles. The predicted octanol–water partition coefficient (Wildman–Crippen LogP) is 2.71. The van der Waals surface area contributed by atoms with Gasteiger partial charge in [0.15, 0.2) is 0 Å². The highest BCUT2D eigenvalue weighted by atomic mass is 32.1. The first-order chi connectivity index (χ1) is 15.6. The van der Waals surface area contributed by atoms with Crippen molar-refractivity contribution in [3.63, 3.8) is 0 Å². The molecule has 0 aliphatic carbocycles. The first-order valence-electron chi connectivity index (χ1n) is 9.96. The number of nitrogen functional groups attached to an aromatic ring is 2. The minimum absolute atomic E-state index is 0.104. The molecule has 10 nitrogen and oxygen atoms in total. The van der Waals surface area contributed by atoms with E-state index in [1.807, 2.05) is 16.8 Å². The van der Waals surface area contributed by atoms with Gasteiger partial charge in [0, 0.05) is 10.9 Å². The molecule has 5 heterocycles. The molecular formula is C20H19N8O2S2+. The third kappa shape index (κ3) is 3.41. The molecule has 1 amide bonds. The number of aromatic nitrogens is 3. The molecule has 0 radical (unpaired) electrons. The Kier molecular flexibility index (Phi) is 5.12. The molecule has 162 valence electrons. The zero-order valence-corrected chi connectivity index (χ0v) is 18.5. The summed E-state index contributed by atoms with van der Waals surface area (Å²) < 4.78 is 5.29. The molecule has 0 aromatic carbocycles. The molecule has 5 rings (SSSR count). The predicted molar refractivity (Wildman–Crippen MR) is 123 cm³/mol. The van der Waals surface area contributed by atoms with E-state index in [2.05, 4.69) is 26.7 Å². The summed E-state index contributed by atoms with van der Waals surface area (Å²) in [6.45, 7) is 1.76. The van der Waals surface area contributed by atoms with Gasteiger partial charge < -0.3 is 11.5 Å². The number of nitrogens with two attached hydrogens (primary N) is 2. The second-order valence-electron chi connectivity index (χ2n) is 7.35. The van der Waals surface area contributed by atoms with E-state index in [1.165, 1.54) is 17.8 Å². The summed E-state index contributed by atoms with van der Waals surface area (Å²) in [4.78, 5) is 19.7. The minimum atomic E-state index is -0.444. The van der Waals surface area contributed by atoms with Crippen LogP contribution >= 0.6 is 22.7 Å². The minimum Gasteiger partial charge on any atom is -0.397 e. The van der Waals surface area contributed by atoms with E-state index < -0.39 is 5.91 Å². The van der Waals surface area contributed by atoms with Crippen molar-refractivity contribution in [2.24, 2.45) is 0 Å². The second-order valence-corrected chi connectivity index (χ2v) is 9.13. The molecule has 1 aliphatic rings. The van der Waals surface area contributed by atoms with Crippen LogP contribution in [-0.4, -0.2) is 29.3 Å². The Morgan fingerprint density at radius 2 is 2.12 bits per heavy atom. The zero-order valence-electron chi connectivity index (χ0n) is 16.9. The molecule has 0 unspecified atom stereocenters. The average Bonchev–Trinajstić information content (AvgIpc) is 3.54. The fraction of sp³-hybridized carbons (Fsp3) is 0.250. The van der Waals surface area contributed by atoms with E-state index in [4.69, 9.17) is 16.0 Å². The quantitative estimate of drug-likeness (QED) is 0.388. The van der Waals surface area contributed by atoms with Gasteiger partial charge in [-0.15, -0.1) is 11.3 Å². The Balaban J connectivity index is 1.51. The summed E-state index contributed by atoms with van der Waals surface area (Å²) in [6.07, 6.45) is 5.01. The van der Waals surface area contributed by atoms with Gasteiger partial charge in [0.1, 0.15) is 27.2 Å². The Hall–Kier alpha value is -3.69. The van der Waals surface area contributed by atoms with Crippen molar-refractivity contribution < 1.29 is 14.1 Å². The van der Waals surface area contributed by atoms with Gasteiger partial charge in [-0.2, -0.15) is 21.6 Å². The van der Waals surface area contributed by atoms with Gasteiger partial charge >= 0.3 is 5.88 Å². The van der Waals surface area contributed by atoms with Gasteiger partial charge in [-0.05, 0) is 41.7 Å². The molecule has 0 spiro atoms. The Labute approximate surface area is 190 Å². The van der Waals surface area contributed by atoms with Gasteiger partial charge in [0.25, 0.3) is 12.1 Å². The number of anilines is 3. The molecule has 5 N–H and O–H groups in total. The Morgan fingerprint density at radius 1 is 1.31 bits per heavy atom. The second kappa shape index (κ2) is 8.10. The van der Waals surface area contributed by atoms with Crippen LogP contribution in [0.2, 0.25) is 0 Å². The molecule has 4 aromatic rings. The van der Waals surface area contributed by atoms with Crippen LogP contribution < -0.4 is 26.6 Å². The van der Waals surface area contributed by atoms with E-state index in [0.717, 1.165) is 42.8 Å². The number of hydrogen-bond donors (Lipinski definition) is 3. The number of nitriles is 1.